The lowest BCUT2D eigenvalue weighted by atomic mass is 10.1. The van der Waals surface area contributed by atoms with Gasteiger partial charge in [-0.25, -0.2) is 0 Å². The topological polar surface area (TPSA) is 46.5 Å². The molecule has 0 saturated carbocycles. The van der Waals surface area contributed by atoms with E-state index in [1.165, 1.54) is 38.5 Å². The third-order valence-electron chi connectivity index (χ3n) is 2.07. The van der Waals surface area contributed by atoms with Crippen molar-refractivity contribution in [2.24, 2.45) is 0 Å². The molecule has 0 saturated heterocycles. The summed E-state index contributed by atoms with van der Waals surface area (Å²) in [6.07, 6.45) is 7.90. The molecule has 0 heterocycles. The monoisotopic (exact) mass is 253 g/mol. The fourth-order valence-corrected chi connectivity index (χ4v) is 2.45. The molecule has 1 N–H and O–H groups in total. The van der Waals surface area contributed by atoms with E-state index < -0.39 is 8.25 Å². The Balaban J connectivity index is 2.89. The van der Waals surface area contributed by atoms with Crippen molar-refractivity contribution in [2.75, 3.05) is 18.1 Å². The summed E-state index contributed by atoms with van der Waals surface area (Å²) < 4.78 is 14.7. The van der Waals surface area contributed by atoms with Crippen molar-refractivity contribution in [1.29, 1.82) is 0 Å². The molecule has 0 fully saturated rings. The summed E-state index contributed by atoms with van der Waals surface area (Å²) >= 11 is 1.79. The Bertz CT molecular complexity index is 156. The number of rotatable bonds is 11. The normalized spacial score (nSPS) is 11.7. The van der Waals surface area contributed by atoms with Crippen LogP contribution in [0.4, 0.5) is 0 Å². The van der Waals surface area contributed by atoms with Crippen molar-refractivity contribution < 1.29 is 14.0 Å². The third kappa shape index (κ3) is 14.4. The van der Waals surface area contributed by atoms with Crippen LogP contribution in [0.2, 0.25) is 0 Å². The van der Waals surface area contributed by atoms with E-state index in [0.29, 0.717) is 6.61 Å². The van der Waals surface area contributed by atoms with Gasteiger partial charge in [0.05, 0.1) is 0 Å². The Morgan fingerprint density at radius 2 is 1.80 bits per heavy atom. The quantitative estimate of drug-likeness (QED) is 0.450. The van der Waals surface area contributed by atoms with Crippen LogP contribution in [0.5, 0.6) is 0 Å². The summed E-state index contributed by atoms with van der Waals surface area (Å²) in [5.41, 5.74) is 0. The van der Waals surface area contributed by atoms with Crippen LogP contribution in [0.3, 0.4) is 0 Å². The molecule has 90 valence electrons. The van der Waals surface area contributed by atoms with Crippen molar-refractivity contribution in [3.63, 3.8) is 0 Å². The maximum Gasteiger partial charge on any atom is 0.694 e. The van der Waals surface area contributed by atoms with Crippen LogP contribution in [0.1, 0.15) is 45.4 Å². The Morgan fingerprint density at radius 1 is 1.13 bits per heavy atom. The Morgan fingerprint density at radius 3 is 2.47 bits per heavy atom. The summed E-state index contributed by atoms with van der Waals surface area (Å²) in [7, 11) is -2.40. The standard InChI is InChI=1S/C10H21O3PS/c1-2-3-4-5-6-7-9-15-10-8-13-14(11)12/h2-10H2,1H3/p+1. The highest BCUT2D eigenvalue weighted by Crippen LogP contribution is 2.15. The zero-order chi connectivity index (χ0) is 11.4. The van der Waals surface area contributed by atoms with Gasteiger partial charge in [0.1, 0.15) is 6.61 Å². The van der Waals surface area contributed by atoms with E-state index in [2.05, 4.69) is 11.4 Å². The van der Waals surface area contributed by atoms with Gasteiger partial charge in [-0.3, -0.25) is 0 Å². The maximum absolute atomic E-state index is 10.2. The molecule has 0 aromatic heterocycles. The van der Waals surface area contributed by atoms with Crippen LogP contribution in [-0.4, -0.2) is 23.0 Å². The van der Waals surface area contributed by atoms with E-state index >= 15 is 0 Å². The molecular formula is C10H22O3PS+. The predicted octanol–water partition coefficient (Wildman–Crippen LogP) is 3.75. The molecule has 0 aromatic carbocycles. The summed E-state index contributed by atoms with van der Waals surface area (Å²) in [4.78, 5) is 8.35. The Labute approximate surface area is 97.9 Å². The number of hydrogen-bond acceptors (Lipinski definition) is 3. The first kappa shape index (κ1) is 15.4. The van der Waals surface area contributed by atoms with Crippen molar-refractivity contribution in [2.45, 2.75) is 45.4 Å². The second-order valence-electron chi connectivity index (χ2n) is 3.45. The van der Waals surface area contributed by atoms with Gasteiger partial charge in [0.2, 0.25) is 0 Å². The van der Waals surface area contributed by atoms with E-state index in [1.54, 1.807) is 11.8 Å². The predicted molar refractivity (Wildman–Crippen MR) is 66.5 cm³/mol. The lowest BCUT2D eigenvalue weighted by molar-refractivity contribution is 0.300. The fourth-order valence-electron chi connectivity index (χ4n) is 1.26. The first-order chi connectivity index (χ1) is 7.27. The first-order valence-electron chi connectivity index (χ1n) is 5.64. The maximum atomic E-state index is 10.2. The fraction of sp³-hybridized carbons (Fsp3) is 1.00. The first-order valence-corrected chi connectivity index (χ1v) is 7.92. The average Bonchev–Trinajstić information content (AvgIpc) is 2.20. The summed E-state index contributed by atoms with van der Waals surface area (Å²) in [6.45, 7) is 2.61. The molecule has 1 atom stereocenters. The third-order valence-corrected chi connectivity index (χ3v) is 3.51. The van der Waals surface area contributed by atoms with Gasteiger partial charge in [-0.2, -0.15) is 11.8 Å². The molecule has 0 aliphatic heterocycles. The Kier molecular flexibility index (Phi) is 12.7. The molecular weight excluding hydrogens is 231 g/mol. The number of unbranched alkanes of at least 4 members (excludes halogenated alkanes) is 5. The number of hydrogen-bond donors (Lipinski definition) is 1. The van der Waals surface area contributed by atoms with E-state index in [9.17, 15) is 4.57 Å². The lowest BCUT2D eigenvalue weighted by Crippen LogP contribution is -1.92. The summed E-state index contributed by atoms with van der Waals surface area (Å²) in [5, 5.41) is 0. The highest BCUT2D eigenvalue weighted by molar-refractivity contribution is 7.99. The molecule has 0 bridgehead atoms. The van der Waals surface area contributed by atoms with Gasteiger partial charge in [-0.05, 0) is 12.2 Å². The Hall–Kier alpha value is 0.370. The van der Waals surface area contributed by atoms with Gasteiger partial charge in [0, 0.05) is 10.3 Å². The van der Waals surface area contributed by atoms with Crippen LogP contribution < -0.4 is 0 Å². The van der Waals surface area contributed by atoms with Crippen LogP contribution in [0.15, 0.2) is 0 Å². The SMILES string of the molecule is CCCCCCCCSCCO[P+](=O)O. The van der Waals surface area contributed by atoms with Gasteiger partial charge >= 0.3 is 8.25 Å². The van der Waals surface area contributed by atoms with Gasteiger partial charge in [0.15, 0.2) is 0 Å². The van der Waals surface area contributed by atoms with Gasteiger partial charge in [0.25, 0.3) is 0 Å². The molecule has 3 nitrogen and oxygen atoms in total. The van der Waals surface area contributed by atoms with Gasteiger partial charge < -0.3 is 0 Å². The largest absolute Gasteiger partial charge is 0.694 e. The molecule has 0 radical (unpaired) electrons. The van der Waals surface area contributed by atoms with Crippen molar-refractivity contribution in [1.82, 2.24) is 0 Å². The molecule has 5 heteroatoms. The molecule has 1 unspecified atom stereocenters. The van der Waals surface area contributed by atoms with E-state index in [0.717, 1.165) is 11.5 Å². The molecule has 0 aliphatic rings. The van der Waals surface area contributed by atoms with Gasteiger partial charge in [-0.1, -0.05) is 39.0 Å². The molecule has 0 spiro atoms. The molecule has 0 rings (SSSR count). The van der Waals surface area contributed by atoms with Crippen molar-refractivity contribution in [3.05, 3.63) is 0 Å². The second-order valence-corrected chi connectivity index (χ2v) is 5.41. The van der Waals surface area contributed by atoms with Gasteiger partial charge in [-0.15, -0.1) is 9.42 Å². The highest BCUT2D eigenvalue weighted by atomic mass is 32.2. The molecule has 15 heavy (non-hydrogen) atoms. The van der Waals surface area contributed by atoms with E-state index in [-0.39, 0.29) is 0 Å². The summed E-state index contributed by atoms with van der Waals surface area (Å²) in [6, 6.07) is 0. The highest BCUT2D eigenvalue weighted by Gasteiger charge is 2.09. The zero-order valence-electron chi connectivity index (χ0n) is 9.48. The second kappa shape index (κ2) is 12.4. The summed E-state index contributed by atoms with van der Waals surface area (Å²) in [5.74, 6) is 1.95. The zero-order valence-corrected chi connectivity index (χ0v) is 11.2. The molecule has 0 aliphatic carbocycles. The van der Waals surface area contributed by atoms with Crippen molar-refractivity contribution >= 4 is 20.0 Å². The number of thioether (sulfide) groups is 1. The molecule has 0 aromatic rings. The van der Waals surface area contributed by atoms with Crippen LogP contribution >= 0.6 is 20.0 Å². The van der Waals surface area contributed by atoms with E-state index in [1.807, 2.05) is 0 Å². The lowest BCUT2D eigenvalue weighted by Gasteiger charge is -2.00. The average molecular weight is 253 g/mol. The van der Waals surface area contributed by atoms with Crippen molar-refractivity contribution in [3.8, 4) is 0 Å². The molecule has 0 amide bonds. The van der Waals surface area contributed by atoms with Crippen LogP contribution in [-0.2, 0) is 9.09 Å². The minimum atomic E-state index is -2.40. The van der Waals surface area contributed by atoms with Crippen LogP contribution in [0.25, 0.3) is 0 Å². The van der Waals surface area contributed by atoms with Crippen LogP contribution in [0, 0.1) is 0 Å². The minimum Gasteiger partial charge on any atom is -0.159 e. The van der Waals surface area contributed by atoms with E-state index in [4.69, 9.17) is 4.89 Å². The minimum absolute atomic E-state index is 0.381. The smallest absolute Gasteiger partial charge is 0.159 e.